The Balaban J connectivity index is 2.53. The van der Waals surface area contributed by atoms with E-state index in [0.29, 0.717) is 5.56 Å². The highest BCUT2D eigenvalue weighted by molar-refractivity contribution is 14.1. The molecule has 1 aromatic rings. The van der Waals surface area contributed by atoms with Gasteiger partial charge in [-0.1, -0.05) is 28.7 Å². The molecule has 0 bridgehead atoms. The molecule has 1 aromatic carbocycles. The molecular formula is C11H11I2NO3. The van der Waals surface area contributed by atoms with Crippen LogP contribution in [0.25, 0.3) is 0 Å². The number of esters is 1. The summed E-state index contributed by atoms with van der Waals surface area (Å²) in [7, 11) is 1.33. The van der Waals surface area contributed by atoms with Crippen molar-refractivity contribution in [2.75, 3.05) is 13.7 Å². The zero-order valence-electron chi connectivity index (χ0n) is 9.07. The number of hydrogen-bond acceptors (Lipinski definition) is 3. The first kappa shape index (κ1) is 14.7. The number of halogens is 2. The maximum absolute atomic E-state index is 11.7. The number of alkyl halides is 1. The van der Waals surface area contributed by atoms with Crippen LogP contribution in [0.4, 0.5) is 0 Å². The number of carbonyl (C=O) groups excluding carboxylic acids is 2. The number of benzene rings is 1. The van der Waals surface area contributed by atoms with Gasteiger partial charge in [0.2, 0.25) is 0 Å². The first-order valence-electron chi connectivity index (χ1n) is 4.80. The van der Waals surface area contributed by atoms with E-state index in [0.717, 1.165) is 3.57 Å². The smallest absolute Gasteiger partial charge is 0.320 e. The van der Waals surface area contributed by atoms with Crippen molar-refractivity contribution in [1.29, 1.82) is 0 Å². The predicted molar refractivity (Wildman–Crippen MR) is 81.3 cm³/mol. The van der Waals surface area contributed by atoms with Crippen LogP contribution in [0.1, 0.15) is 10.4 Å². The summed E-state index contributed by atoms with van der Waals surface area (Å²) in [4.78, 5) is 22.9. The molecule has 1 unspecified atom stereocenters. The van der Waals surface area contributed by atoms with Crippen LogP contribution in [-0.2, 0) is 9.53 Å². The second-order valence-corrected chi connectivity index (χ2v) is 5.96. The van der Waals surface area contributed by atoms with Gasteiger partial charge < -0.3 is 10.1 Å². The van der Waals surface area contributed by atoms with E-state index in [9.17, 15) is 9.59 Å². The highest BCUT2D eigenvalue weighted by Gasteiger charge is 2.16. The Bertz CT molecular complexity index is 423. The molecule has 0 aromatic heterocycles. The lowest BCUT2D eigenvalue weighted by molar-refractivity contribution is -0.139. The highest BCUT2D eigenvalue weighted by atomic mass is 127. The predicted octanol–water partition coefficient (Wildman–Crippen LogP) is 2.00. The molecule has 1 atom stereocenters. The topological polar surface area (TPSA) is 55.4 Å². The molecule has 1 amide bonds. The Morgan fingerprint density at radius 2 is 2.18 bits per heavy atom. The third-order valence-corrected chi connectivity index (χ3v) is 3.61. The Morgan fingerprint density at radius 1 is 1.47 bits per heavy atom. The quantitative estimate of drug-likeness (QED) is 0.426. The van der Waals surface area contributed by atoms with Crippen LogP contribution >= 0.6 is 45.2 Å². The Hall–Kier alpha value is -0.380. The van der Waals surface area contributed by atoms with E-state index in [2.05, 4.69) is 32.6 Å². The lowest BCUT2D eigenvalue weighted by Crippen LogP contribution is -2.33. The van der Waals surface area contributed by atoms with Crippen LogP contribution in [0, 0.1) is 3.57 Å². The summed E-state index contributed by atoms with van der Waals surface area (Å²) in [6.45, 7) is 0.261. The number of hydrogen-bond donors (Lipinski definition) is 1. The van der Waals surface area contributed by atoms with Crippen molar-refractivity contribution < 1.29 is 14.3 Å². The fourth-order valence-corrected chi connectivity index (χ4v) is 2.14. The monoisotopic (exact) mass is 459 g/mol. The fraction of sp³-hybridized carbons (Fsp3) is 0.273. The van der Waals surface area contributed by atoms with E-state index in [1.54, 1.807) is 12.1 Å². The van der Waals surface area contributed by atoms with Crippen molar-refractivity contribution in [1.82, 2.24) is 5.32 Å². The molecule has 0 aliphatic carbocycles. The van der Waals surface area contributed by atoms with E-state index in [-0.39, 0.29) is 22.3 Å². The minimum atomic E-state index is -0.371. The highest BCUT2D eigenvalue weighted by Crippen LogP contribution is 2.08. The van der Waals surface area contributed by atoms with Crippen molar-refractivity contribution in [2.24, 2.45) is 0 Å². The van der Waals surface area contributed by atoms with Gasteiger partial charge in [-0.2, -0.15) is 0 Å². The number of nitrogens with one attached hydrogen (secondary N) is 1. The Labute approximate surface area is 127 Å². The minimum absolute atomic E-state index is 0.186. The summed E-state index contributed by atoms with van der Waals surface area (Å²) < 4.78 is 5.19. The molecule has 6 heteroatoms. The summed E-state index contributed by atoms with van der Waals surface area (Å²) in [6.07, 6.45) is 0. The van der Waals surface area contributed by atoms with Gasteiger partial charge in [0.25, 0.3) is 5.91 Å². The van der Waals surface area contributed by atoms with Crippen LogP contribution in [0.15, 0.2) is 24.3 Å². The van der Waals surface area contributed by atoms with Crippen LogP contribution in [-0.4, -0.2) is 29.5 Å². The summed E-state index contributed by atoms with van der Waals surface area (Å²) in [5, 5.41) is 2.69. The lowest BCUT2D eigenvalue weighted by atomic mass is 10.2. The molecule has 0 spiro atoms. The van der Waals surface area contributed by atoms with Gasteiger partial charge in [0, 0.05) is 15.7 Å². The molecule has 0 saturated carbocycles. The van der Waals surface area contributed by atoms with Crippen LogP contribution in [0.2, 0.25) is 0 Å². The SMILES string of the molecule is COC(=O)C(I)CNC(=O)c1cccc(I)c1. The molecule has 0 fully saturated rings. The second-order valence-electron chi connectivity index (χ2n) is 3.21. The average molecular weight is 459 g/mol. The number of rotatable bonds is 4. The van der Waals surface area contributed by atoms with Gasteiger partial charge in [0.15, 0.2) is 0 Å². The zero-order chi connectivity index (χ0) is 12.8. The van der Waals surface area contributed by atoms with Gasteiger partial charge in [-0.3, -0.25) is 9.59 Å². The third kappa shape index (κ3) is 4.78. The van der Waals surface area contributed by atoms with Gasteiger partial charge in [0.1, 0.15) is 3.92 Å². The van der Waals surface area contributed by atoms with E-state index in [1.165, 1.54) is 7.11 Å². The summed E-state index contributed by atoms with van der Waals surface area (Å²) >= 11 is 4.08. The van der Waals surface area contributed by atoms with E-state index < -0.39 is 0 Å². The lowest BCUT2D eigenvalue weighted by Gasteiger charge is -2.09. The molecular weight excluding hydrogens is 448 g/mol. The first-order chi connectivity index (χ1) is 8.04. The molecule has 0 aliphatic rings. The minimum Gasteiger partial charge on any atom is -0.468 e. The van der Waals surface area contributed by atoms with Crippen molar-refractivity contribution >= 4 is 57.1 Å². The Kier molecular flexibility index (Phi) is 6.17. The van der Waals surface area contributed by atoms with Crippen LogP contribution < -0.4 is 5.32 Å². The number of ether oxygens (including phenoxy) is 1. The zero-order valence-corrected chi connectivity index (χ0v) is 13.4. The number of methoxy groups -OCH3 is 1. The van der Waals surface area contributed by atoms with Gasteiger partial charge in [-0.05, 0) is 40.8 Å². The first-order valence-corrected chi connectivity index (χ1v) is 7.12. The molecule has 1 rings (SSSR count). The van der Waals surface area contributed by atoms with Crippen LogP contribution in [0.3, 0.4) is 0 Å². The van der Waals surface area contributed by atoms with Crippen molar-refractivity contribution in [3.63, 3.8) is 0 Å². The maximum atomic E-state index is 11.7. The van der Waals surface area contributed by atoms with Gasteiger partial charge in [0.05, 0.1) is 7.11 Å². The van der Waals surface area contributed by atoms with E-state index >= 15 is 0 Å². The van der Waals surface area contributed by atoms with E-state index in [1.807, 2.05) is 34.7 Å². The molecule has 4 nitrogen and oxygen atoms in total. The molecule has 0 aliphatic heterocycles. The standard InChI is InChI=1S/C11H11I2NO3/c1-17-11(16)9(13)6-14-10(15)7-3-2-4-8(12)5-7/h2-5,9H,6H2,1H3,(H,14,15). The molecule has 0 saturated heterocycles. The fourth-order valence-electron chi connectivity index (χ4n) is 1.13. The summed E-state index contributed by atoms with van der Waals surface area (Å²) in [5.41, 5.74) is 0.588. The summed E-state index contributed by atoms with van der Waals surface area (Å²) in [5.74, 6) is -0.525. The molecule has 92 valence electrons. The van der Waals surface area contributed by atoms with Gasteiger partial charge >= 0.3 is 5.97 Å². The molecule has 0 radical (unpaired) electrons. The van der Waals surface area contributed by atoms with Crippen molar-refractivity contribution in [2.45, 2.75) is 3.92 Å². The average Bonchev–Trinajstić information content (AvgIpc) is 2.34. The second kappa shape index (κ2) is 7.14. The molecule has 0 heterocycles. The van der Waals surface area contributed by atoms with E-state index in [4.69, 9.17) is 0 Å². The van der Waals surface area contributed by atoms with Crippen molar-refractivity contribution in [3.8, 4) is 0 Å². The maximum Gasteiger partial charge on any atom is 0.320 e. The van der Waals surface area contributed by atoms with Gasteiger partial charge in [-0.15, -0.1) is 0 Å². The van der Waals surface area contributed by atoms with Gasteiger partial charge in [-0.25, -0.2) is 0 Å². The third-order valence-electron chi connectivity index (χ3n) is 1.99. The summed E-state index contributed by atoms with van der Waals surface area (Å²) in [6, 6.07) is 7.25. The normalized spacial score (nSPS) is 11.7. The van der Waals surface area contributed by atoms with Crippen LogP contribution in [0.5, 0.6) is 0 Å². The molecule has 17 heavy (non-hydrogen) atoms. The number of carbonyl (C=O) groups is 2. The Morgan fingerprint density at radius 3 is 2.76 bits per heavy atom. The number of amides is 1. The largest absolute Gasteiger partial charge is 0.468 e. The van der Waals surface area contributed by atoms with Crippen molar-refractivity contribution in [3.05, 3.63) is 33.4 Å². The molecule has 1 N–H and O–H groups in total.